The van der Waals surface area contributed by atoms with Crippen molar-refractivity contribution in [3.05, 3.63) is 65.2 Å². The Hall–Kier alpha value is -2.09. The van der Waals surface area contributed by atoms with Crippen LogP contribution in [0, 0.1) is 0 Å². The number of carbonyl (C=O) groups is 1. The Kier molecular flexibility index (Phi) is 7.30. The molecule has 0 radical (unpaired) electrons. The van der Waals surface area contributed by atoms with Gasteiger partial charge in [-0.2, -0.15) is 0 Å². The Morgan fingerprint density at radius 1 is 0.893 bits per heavy atom. The van der Waals surface area contributed by atoms with Crippen molar-refractivity contribution in [2.24, 2.45) is 0 Å². The van der Waals surface area contributed by atoms with E-state index in [0.717, 1.165) is 12.8 Å². The zero-order valence-corrected chi connectivity index (χ0v) is 17.5. The molecule has 0 bridgehead atoms. The highest BCUT2D eigenvalue weighted by molar-refractivity contribution is 5.91. The van der Waals surface area contributed by atoms with Crippen LogP contribution in [0.1, 0.15) is 93.1 Å². The van der Waals surface area contributed by atoms with Crippen molar-refractivity contribution in [1.29, 1.82) is 0 Å². The minimum atomic E-state index is -0.283. The molecule has 2 nitrogen and oxygen atoms in total. The summed E-state index contributed by atoms with van der Waals surface area (Å²) in [6, 6.07) is 16.1. The highest BCUT2D eigenvalue weighted by atomic mass is 16.5. The second-order valence-corrected chi connectivity index (χ2v) is 8.31. The molecule has 1 aliphatic rings. The van der Waals surface area contributed by atoms with E-state index in [1.165, 1.54) is 62.5 Å². The number of rotatable bonds is 8. The first-order valence-electron chi connectivity index (χ1n) is 11.1. The lowest BCUT2D eigenvalue weighted by Crippen LogP contribution is -2.29. The summed E-state index contributed by atoms with van der Waals surface area (Å²) in [5, 5.41) is 0. The average molecular weight is 379 g/mol. The summed E-state index contributed by atoms with van der Waals surface area (Å²) >= 11 is 0. The van der Waals surface area contributed by atoms with Crippen molar-refractivity contribution in [2.75, 3.05) is 0 Å². The smallest absolute Gasteiger partial charge is 0.343 e. The van der Waals surface area contributed by atoms with E-state index in [4.69, 9.17) is 4.74 Å². The van der Waals surface area contributed by atoms with Gasteiger partial charge < -0.3 is 4.74 Å². The molecule has 1 saturated carbocycles. The van der Waals surface area contributed by atoms with Crippen LogP contribution < -0.4 is 4.74 Å². The second-order valence-electron chi connectivity index (χ2n) is 8.31. The number of benzene rings is 2. The maximum atomic E-state index is 12.5. The van der Waals surface area contributed by atoms with Crippen molar-refractivity contribution in [2.45, 2.75) is 83.5 Å². The molecule has 3 rings (SSSR count). The van der Waals surface area contributed by atoms with Gasteiger partial charge in [-0.15, -0.1) is 0 Å². The molecule has 0 aromatic heterocycles. The van der Waals surface area contributed by atoms with Crippen molar-refractivity contribution < 1.29 is 9.53 Å². The van der Waals surface area contributed by atoms with Gasteiger partial charge in [0.05, 0.1) is 5.56 Å². The van der Waals surface area contributed by atoms with E-state index in [9.17, 15) is 4.79 Å². The van der Waals surface area contributed by atoms with E-state index in [-0.39, 0.29) is 5.97 Å². The first-order chi connectivity index (χ1) is 13.7. The van der Waals surface area contributed by atoms with Gasteiger partial charge in [-0.3, -0.25) is 0 Å². The molecule has 0 amide bonds. The van der Waals surface area contributed by atoms with Gasteiger partial charge in [-0.1, -0.05) is 76.6 Å². The van der Waals surface area contributed by atoms with Gasteiger partial charge in [-0.05, 0) is 66.5 Å². The van der Waals surface area contributed by atoms with Crippen LogP contribution in [0.3, 0.4) is 0 Å². The highest BCUT2D eigenvalue weighted by Gasteiger charge is 2.33. The van der Waals surface area contributed by atoms with Crippen molar-refractivity contribution in [1.82, 2.24) is 0 Å². The Bertz CT molecular complexity index is 737. The molecule has 0 spiro atoms. The molecule has 28 heavy (non-hydrogen) atoms. The van der Waals surface area contributed by atoms with E-state index in [1.807, 2.05) is 36.4 Å². The monoisotopic (exact) mass is 378 g/mol. The van der Waals surface area contributed by atoms with E-state index in [0.29, 0.717) is 16.7 Å². The fourth-order valence-corrected chi connectivity index (χ4v) is 4.57. The first kappa shape index (κ1) is 20.6. The minimum absolute atomic E-state index is 0.283. The number of esters is 1. The SMILES string of the molecule is CCCCC1(c2ccc(OC(=O)c3ccc(CCC)cc3)cc2)CCCCC1. The molecule has 0 atom stereocenters. The minimum Gasteiger partial charge on any atom is -0.423 e. The lowest BCUT2D eigenvalue weighted by molar-refractivity contribution is 0.0734. The van der Waals surface area contributed by atoms with Crippen molar-refractivity contribution in [3.63, 3.8) is 0 Å². The van der Waals surface area contributed by atoms with Crippen molar-refractivity contribution in [3.8, 4) is 5.75 Å². The first-order valence-corrected chi connectivity index (χ1v) is 11.1. The van der Waals surface area contributed by atoms with E-state index < -0.39 is 0 Å². The van der Waals surface area contributed by atoms with E-state index in [2.05, 4.69) is 26.0 Å². The maximum absolute atomic E-state index is 12.5. The van der Waals surface area contributed by atoms with Gasteiger partial charge in [0.1, 0.15) is 5.75 Å². The second kappa shape index (κ2) is 9.91. The summed E-state index contributed by atoms with van der Waals surface area (Å²) in [6.45, 7) is 4.43. The molecule has 1 fully saturated rings. The van der Waals surface area contributed by atoms with Gasteiger partial charge in [0.2, 0.25) is 0 Å². The van der Waals surface area contributed by atoms with Gasteiger partial charge in [0.25, 0.3) is 0 Å². The largest absolute Gasteiger partial charge is 0.423 e. The molecule has 2 aromatic carbocycles. The molecule has 1 aliphatic carbocycles. The Morgan fingerprint density at radius 2 is 1.57 bits per heavy atom. The summed E-state index contributed by atoms with van der Waals surface area (Å²) < 4.78 is 5.62. The molecular weight excluding hydrogens is 344 g/mol. The number of hydrogen-bond donors (Lipinski definition) is 0. The predicted molar refractivity (Wildman–Crippen MR) is 116 cm³/mol. The molecule has 150 valence electrons. The zero-order chi connectivity index (χ0) is 19.8. The molecular formula is C26H34O2. The third kappa shape index (κ3) is 5.04. The number of carbonyl (C=O) groups excluding carboxylic acids is 1. The summed E-state index contributed by atoms with van der Waals surface area (Å²) in [5.74, 6) is 0.349. The van der Waals surface area contributed by atoms with Crippen LogP contribution >= 0.6 is 0 Å². The number of hydrogen-bond acceptors (Lipinski definition) is 2. The summed E-state index contributed by atoms with van der Waals surface area (Å²) in [7, 11) is 0. The normalized spacial score (nSPS) is 15.9. The Balaban J connectivity index is 1.68. The molecule has 0 aliphatic heterocycles. The van der Waals surface area contributed by atoms with Crippen molar-refractivity contribution >= 4 is 5.97 Å². The molecule has 0 saturated heterocycles. The fourth-order valence-electron chi connectivity index (χ4n) is 4.57. The molecule has 0 N–H and O–H groups in total. The lowest BCUT2D eigenvalue weighted by atomic mass is 9.67. The average Bonchev–Trinajstić information content (AvgIpc) is 2.74. The zero-order valence-electron chi connectivity index (χ0n) is 17.5. The van der Waals surface area contributed by atoms with Crippen LogP contribution in [-0.2, 0) is 11.8 Å². The van der Waals surface area contributed by atoms with E-state index in [1.54, 1.807) is 0 Å². The number of aryl methyl sites for hydroxylation is 1. The third-order valence-electron chi connectivity index (χ3n) is 6.23. The summed E-state index contributed by atoms with van der Waals surface area (Å²) in [6.07, 6.45) is 12.5. The number of unbranched alkanes of at least 4 members (excludes halogenated alkanes) is 1. The topological polar surface area (TPSA) is 26.3 Å². The quantitative estimate of drug-likeness (QED) is 0.357. The Labute approximate surface area is 170 Å². The predicted octanol–water partition coefficient (Wildman–Crippen LogP) is 7.25. The van der Waals surface area contributed by atoms with Crippen LogP contribution in [0.2, 0.25) is 0 Å². The van der Waals surface area contributed by atoms with Crippen LogP contribution in [0.5, 0.6) is 5.75 Å². The number of ether oxygens (including phenoxy) is 1. The van der Waals surface area contributed by atoms with Gasteiger partial charge in [-0.25, -0.2) is 4.79 Å². The van der Waals surface area contributed by atoms with Crippen LogP contribution in [-0.4, -0.2) is 5.97 Å². The summed E-state index contributed by atoms with van der Waals surface area (Å²) in [4.78, 5) is 12.5. The van der Waals surface area contributed by atoms with Gasteiger partial charge in [0, 0.05) is 0 Å². The molecule has 0 heterocycles. The molecule has 2 aromatic rings. The molecule has 2 heteroatoms. The van der Waals surface area contributed by atoms with E-state index >= 15 is 0 Å². The van der Waals surface area contributed by atoms with Gasteiger partial charge >= 0.3 is 5.97 Å². The van der Waals surface area contributed by atoms with Crippen LogP contribution in [0.15, 0.2) is 48.5 Å². The van der Waals surface area contributed by atoms with Crippen LogP contribution in [0.25, 0.3) is 0 Å². The summed E-state index contributed by atoms with van der Waals surface area (Å²) in [5.41, 5.74) is 3.61. The maximum Gasteiger partial charge on any atom is 0.343 e. The third-order valence-corrected chi connectivity index (χ3v) is 6.23. The molecule has 0 unspecified atom stereocenters. The lowest BCUT2D eigenvalue weighted by Gasteiger charge is -2.38. The standard InChI is InChI=1S/C26H34O2/c1-3-5-18-26(19-7-6-8-20-26)23-14-16-24(17-15-23)28-25(27)22-12-10-21(9-4-2)11-13-22/h10-17H,3-9,18-20H2,1-2H3. The highest BCUT2D eigenvalue weighted by Crippen LogP contribution is 2.43. The van der Waals surface area contributed by atoms with Gasteiger partial charge in [0.15, 0.2) is 0 Å². The Morgan fingerprint density at radius 3 is 2.18 bits per heavy atom. The fraction of sp³-hybridized carbons (Fsp3) is 0.500. The van der Waals surface area contributed by atoms with Crippen LogP contribution in [0.4, 0.5) is 0 Å².